The Morgan fingerprint density at radius 3 is 2.89 bits per heavy atom. The summed E-state index contributed by atoms with van der Waals surface area (Å²) in [6.45, 7) is 0. The van der Waals surface area contributed by atoms with Crippen LogP contribution in [0.25, 0.3) is 0 Å². The number of imidazole rings is 1. The van der Waals surface area contributed by atoms with E-state index in [1.165, 1.54) is 31.4 Å². The van der Waals surface area contributed by atoms with Crippen LogP contribution in [0.1, 0.15) is 48.5 Å². The maximum Gasteiger partial charge on any atom is 0.116 e. The Hall–Kier alpha value is -1.20. The molecule has 94 valence electrons. The van der Waals surface area contributed by atoms with Crippen LogP contribution in [0.15, 0.2) is 24.1 Å². The second-order valence-electron chi connectivity index (χ2n) is 5.20. The van der Waals surface area contributed by atoms with Gasteiger partial charge in [0, 0.05) is 23.7 Å². The van der Waals surface area contributed by atoms with Gasteiger partial charge in [0.15, 0.2) is 0 Å². The molecule has 1 N–H and O–H groups in total. The SMILES string of the molecule is c1csc(C(NC2CC2)c2cncn2C2CC2)n1. The van der Waals surface area contributed by atoms with E-state index >= 15 is 0 Å². The van der Waals surface area contributed by atoms with E-state index < -0.39 is 0 Å². The number of aromatic nitrogens is 3. The Labute approximate surface area is 110 Å². The van der Waals surface area contributed by atoms with Crippen LogP contribution < -0.4 is 5.32 Å². The number of hydrogen-bond acceptors (Lipinski definition) is 4. The Morgan fingerprint density at radius 1 is 1.33 bits per heavy atom. The summed E-state index contributed by atoms with van der Waals surface area (Å²) in [6, 6.07) is 1.56. The van der Waals surface area contributed by atoms with Crippen LogP contribution in [0, 0.1) is 0 Å². The highest BCUT2D eigenvalue weighted by molar-refractivity contribution is 7.09. The summed E-state index contributed by atoms with van der Waals surface area (Å²) in [5.41, 5.74) is 1.28. The molecule has 2 saturated carbocycles. The van der Waals surface area contributed by atoms with Crippen LogP contribution in [0.2, 0.25) is 0 Å². The molecule has 0 aromatic carbocycles. The quantitative estimate of drug-likeness (QED) is 0.898. The van der Waals surface area contributed by atoms with Gasteiger partial charge < -0.3 is 9.88 Å². The number of nitrogens with zero attached hydrogens (tertiary/aromatic N) is 3. The molecule has 0 saturated heterocycles. The molecule has 0 aliphatic heterocycles. The average Bonchev–Trinajstić information content (AvgIpc) is 3.30. The van der Waals surface area contributed by atoms with Crippen LogP contribution >= 0.6 is 11.3 Å². The van der Waals surface area contributed by atoms with Gasteiger partial charge in [-0.05, 0) is 25.7 Å². The topological polar surface area (TPSA) is 42.7 Å². The second kappa shape index (κ2) is 4.17. The summed E-state index contributed by atoms with van der Waals surface area (Å²) in [5, 5.41) is 6.91. The van der Waals surface area contributed by atoms with E-state index in [-0.39, 0.29) is 6.04 Å². The van der Waals surface area contributed by atoms with Crippen molar-refractivity contribution in [3.05, 3.63) is 34.8 Å². The van der Waals surface area contributed by atoms with Crippen molar-refractivity contribution in [1.82, 2.24) is 19.9 Å². The lowest BCUT2D eigenvalue weighted by Crippen LogP contribution is -2.26. The molecule has 1 unspecified atom stereocenters. The number of nitrogens with one attached hydrogen (secondary N) is 1. The Bertz CT molecular complexity index is 525. The van der Waals surface area contributed by atoms with Gasteiger partial charge in [0.25, 0.3) is 0 Å². The Morgan fingerprint density at radius 2 is 2.22 bits per heavy atom. The standard InChI is InChI=1S/C13H16N4S/c1-2-9(1)16-12(13-15-5-6-18-13)11-7-14-8-17(11)10-3-4-10/h5-10,12,16H,1-4H2. The zero-order chi connectivity index (χ0) is 11.9. The molecule has 18 heavy (non-hydrogen) atoms. The molecule has 2 aliphatic rings. The van der Waals surface area contributed by atoms with Crippen molar-refractivity contribution in [2.75, 3.05) is 0 Å². The molecular weight excluding hydrogens is 244 g/mol. The predicted octanol–water partition coefficient (Wildman–Crippen LogP) is 2.52. The molecule has 1 atom stereocenters. The lowest BCUT2D eigenvalue weighted by atomic mass is 10.2. The van der Waals surface area contributed by atoms with Crippen molar-refractivity contribution in [3.63, 3.8) is 0 Å². The van der Waals surface area contributed by atoms with Gasteiger partial charge in [0.05, 0.1) is 18.2 Å². The van der Waals surface area contributed by atoms with Crippen molar-refractivity contribution < 1.29 is 0 Å². The predicted molar refractivity (Wildman–Crippen MR) is 70.6 cm³/mol. The van der Waals surface area contributed by atoms with E-state index in [9.17, 15) is 0 Å². The molecule has 2 aliphatic carbocycles. The molecule has 4 rings (SSSR count). The normalized spacial score (nSPS) is 21.1. The smallest absolute Gasteiger partial charge is 0.116 e. The molecule has 4 nitrogen and oxygen atoms in total. The van der Waals surface area contributed by atoms with Crippen molar-refractivity contribution in [2.24, 2.45) is 0 Å². The third kappa shape index (κ3) is 1.97. The largest absolute Gasteiger partial charge is 0.330 e. The molecule has 2 aromatic heterocycles. The van der Waals surface area contributed by atoms with Crippen LogP contribution in [0.4, 0.5) is 0 Å². The van der Waals surface area contributed by atoms with Gasteiger partial charge in [-0.1, -0.05) is 0 Å². The zero-order valence-electron chi connectivity index (χ0n) is 10.1. The molecule has 2 fully saturated rings. The molecule has 2 heterocycles. The van der Waals surface area contributed by atoms with Crippen molar-refractivity contribution >= 4 is 11.3 Å². The van der Waals surface area contributed by atoms with E-state index in [2.05, 4.69) is 25.2 Å². The van der Waals surface area contributed by atoms with E-state index in [1.54, 1.807) is 11.3 Å². The number of hydrogen-bond donors (Lipinski definition) is 1. The third-order valence-corrected chi connectivity index (χ3v) is 4.45. The molecule has 0 radical (unpaired) electrons. The zero-order valence-corrected chi connectivity index (χ0v) is 10.9. The van der Waals surface area contributed by atoms with Gasteiger partial charge in [-0.3, -0.25) is 0 Å². The maximum atomic E-state index is 4.49. The van der Waals surface area contributed by atoms with Crippen LogP contribution in [-0.4, -0.2) is 20.6 Å². The highest BCUT2D eigenvalue weighted by Gasteiger charge is 2.32. The van der Waals surface area contributed by atoms with Gasteiger partial charge in [0.2, 0.25) is 0 Å². The van der Waals surface area contributed by atoms with E-state index in [4.69, 9.17) is 0 Å². The van der Waals surface area contributed by atoms with Gasteiger partial charge in [-0.2, -0.15) is 0 Å². The van der Waals surface area contributed by atoms with E-state index in [0.29, 0.717) is 12.1 Å². The first-order valence-corrected chi connectivity index (χ1v) is 7.47. The number of thiazole rings is 1. The van der Waals surface area contributed by atoms with Gasteiger partial charge in [0.1, 0.15) is 11.0 Å². The fraction of sp³-hybridized carbons (Fsp3) is 0.538. The summed E-state index contributed by atoms with van der Waals surface area (Å²) in [4.78, 5) is 8.83. The lowest BCUT2D eigenvalue weighted by molar-refractivity contribution is 0.549. The second-order valence-corrected chi connectivity index (χ2v) is 6.13. The van der Waals surface area contributed by atoms with E-state index in [0.717, 1.165) is 5.01 Å². The molecule has 5 heteroatoms. The van der Waals surface area contributed by atoms with E-state index in [1.807, 2.05) is 18.7 Å². The summed E-state index contributed by atoms with van der Waals surface area (Å²) < 4.78 is 2.33. The number of rotatable bonds is 5. The van der Waals surface area contributed by atoms with Gasteiger partial charge >= 0.3 is 0 Å². The first-order valence-electron chi connectivity index (χ1n) is 6.59. The van der Waals surface area contributed by atoms with Crippen LogP contribution in [0.3, 0.4) is 0 Å². The van der Waals surface area contributed by atoms with Gasteiger partial charge in [-0.25, -0.2) is 9.97 Å². The summed E-state index contributed by atoms with van der Waals surface area (Å²) in [5.74, 6) is 0. The fourth-order valence-corrected chi connectivity index (χ4v) is 3.05. The monoisotopic (exact) mass is 260 g/mol. The molecular formula is C13H16N4S. The average molecular weight is 260 g/mol. The minimum atomic E-state index is 0.223. The lowest BCUT2D eigenvalue weighted by Gasteiger charge is -2.18. The Kier molecular flexibility index (Phi) is 2.48. The maximum absolute atomic E-state index is 4.49. The third-order valence-electron chi connectivity index (χ3n) is 3.61. The molecule has 0 spiro atoms. The Balaban J connectivity index is 1.69. The molecule has 2 aromatic rings. The van der Waals surface area contributed by atoms with Crippen LogP contribution in [0.5, 0.6) is 0 Å². The molecule has 0 bridgehead atoms. The first-order chi connectivity index (χ1) is 8.92. The van der Waals surface area contributed by atoms with Crippen molar-refractivity contribution in [2.45, 2.75) is 43.8 Å². The fourth-order valence-electron chi connectivity index (χ4n) is 2.34. The highest BCUT2D eigenvalue weighted by atomic mass is 32.1. The van der Waals surface area contributed by atoms with Crippen LogP contribution in [-0.2, 0) is 0 Å². The molecule has 0 amide bonds. The minimum absolute atomic E-state index is 0.223. The highest BCUT2D eigenvalue weighted by Crippen LogP contribution is 2.38. The van der Waals surface area contributed by atoms with Crippen molar-refractivity contribution in [3.8, 4) is 0 Å². The summed E-state index contributed by atoms with van der Waals surface area (Å²) in [6.07, 6.45) is 11.0. The minimum Gasteiger partial charge on any atom is -0.330 e. The van der Waals surface area contributed by atoms with Crippen molar-refractivity contribution in [1.29, 1.82) is 0 Å². The summed E-state index contributed by atoms with van der Waals surface area (Å²) in [7, 11) is 0. The first kappa shape index (κ1) is 10.7. The summed E-state index contributed by atoms with van der Waals surface area (Å²) >= 11 is 1.73. The van der Waals surface area contributed by atoms with Gasteiger partial charge in [-0.15, -0.1) is 11.3 Å².